The summed E-state index contributed by atoms with van der Waals surface area (Å²) in [7, 11) is 1.42. The van der Waals surface area contributed by atoms with Gasteiger partial charge in [0, 0.05) is 12.6 Å². The van der Waals surface area contributed by atoms with Gasteiger partial charge in [0.25, 0.3) is 5.91 Å². The van der Waals surface area contributed by atoms with E-state index in [4.69, 9.17) is 5.73 Å². The highest BCUT2D eigenvalue weighted by Crippen LogP contribution is 2.41. The van der Waals surface area contributed by atoms with Crippen molar-refractivity contribution in [2.24, 2.45) is 10.7 Å². The summed E-state index contributed by atoms with van der Waals surface area (Å²) < 4.78 is 42.3. The van der Waals surface area contributed by atoms with E-state index < -0.39 is 29.8 Å². The normalized spacial score (nSPS) is 19.0. The third kappa shape index (κ3) is 2.89. The molecular weight excluding hydrogens is 401 g/mol. The molecule has 0 spiro atoms. The van der Waals surface area contributed by atoms with Crippen LogP contribution in [0.5, 0.6) is 0 Å². The summed E-state index contributed by atoms with van der Waals surface area (Å²) in [5.41, 5.74) is 4.69. The monoisotopic (exact) mass is 416 g/mol. The molecule has 0 aliphatic carbocycles. The van der Waals surface area contributed by atoms with Gasteiger partial charge in [-0.25, -0.2) is 18.2 Å². The van der Waals surface area contributed by atoms with Gasteiger partial charge in [0.2, 0.25) is 5.54 Å². The minimum absolute atomic E-state index is 0.0154. The lowest BCUT2D eigenvalue weighted by Crippen LogP contribution is -2.41. The number of hydrogen-bond acceptors (Lipinski definition) is 5. The maximum absolute atomic E-state index is 14.6. The summed E-state index contributed by atoms with van der Waals surface area (Å²) in [5, 5.41) is 3.39. The number of alkyl halides is 1. The van der Waals surface area contributed by atoms with Gasteiger partial charge in [0.1, 0.15) is 6.67 Å². The standard InChI is InChI=1S/C20H15F3N4OS/c1-27-18(28)20(26-19(27)24,16-4-2-3-13(9-21)25-16)12-7-14(11-5-6-29-10-11)17(23)15(22)8-12/h2-8,10H,9H2,1H3,(H2,24,26). The Kier molecular flexibility index (Phi) is 4.62. The van der Waals surface area contributed by atoms with E-state index in [2.05, 4.69) is 9.98 Å². The molecule has 1 unspecified atom stereocenters. The average molecular weight is 416 g/mol. The first kappa shape index (κ1) is 19.1. The highest BCUT2D eigenvalue weighted by atomic mass is 32.1. The molecule has 4 rings (SSSR count). The van der Waals surface area contributed by atoms with Crippen molar-refractivity contribution in [2.45, 2.75) is 12.2 Å². The molecule has 2 N–H and O–H groups in total. The number of likely N-dealkylation sites (N-methyl/N-ethyl adjacent to an activating group) is 1. The van der Waals surface area contributed by atoms with Gasteiger partial charge in [0.15, 0.2) is 17.6 Å². The molecule has 0 saturated carbocycles. The smallest absolute Gasteiger partial charge is 0.267 e. The number of thiophene rings is 1. The summed E-state index contributed by atoms with van der Waals surface area (Å²) in [5.74, 6) is -2.88. The molecule has 1 aliphatic heterocycles. The minimum Gasteiger partial charge on any atom is -0.369 e. The fourth-order valence-corrected chi connectivity index (χ4v) is 3.98. The molecule has 1 aromatic carbocycles. The summed E-state index contributed by atoms with van der Waals surface area (Å²) in [6.45, 7) is -0.856. The van der Waals surface area contributed by atoms with Crippen molar-refractivity contribution in [1.29, 1.82) is 0 Å². The number of hydrogen-bond donors (Lipinski definition) is 1. The number of aromatic nitrogens is 1. The predicted molar refractivity (Wildman–Crippen MR) is 104 cm³/mol. The molecule has 3 aromatic rings. The van der Waals surface area contributed by atoms with E-state index >= 15 is 0 Å². The van der Waals surface area contributed by atoms with E-state index in [0.29, 0.717) is 5.56 Å². The first-order valence-corrected chi connectivity index (χ1v) is 9.50. The molecule has 0 bridgehead atoms. The van der Waals surface area contributed by atoms with Crippen LogP contribution in [0.4, 0.5) is 13.2 Å². The Labute approximate surface area is 168 Å². The highest BCUT2D eigenvalue weighted by Gasteiger charge is 2.51. The molecule has 2 aromatic heterocycles. The molecule has 0 saturated heterocycles. The summed E-state index contributed by atoms with van der Waals surface area (Å²) in [4.78, 5) is 22.8. The SMILES string of the molecule is CN1C(=O)C(c2cc(F)c(F)c(-c3ccsc3)c2)(c2cccc(CF)n2)N=C1N. The first-order chi connectivity index (χ1) is 13.9. The van der Waals surface area contributed by atoms with Gasteiger partial charge >= 0.3 is 0 Å². The lowest BCUT2D eigenvalue weighted by atomic mass is 9.84. The van der Waals surface area contributed by atoms with Crippen LogP contribution in [-0.2, 0) is 17.0 Å². The fourth-order valence-electron chi connectivity index (χ4n) is 3.33. The van der Waals surface area contributed by atoms with Crippen molar-refractivity contribution in [3.8, 4) is 11.1 Å². The summed E-state index contributed by atoms with van der Waals surface area (Å²) >= 11 is 1.32. The van der Waals surface area contributed by atoms with Gasteiger partial charge < -0.3 is 5.73 Å². The summed E-state index contributed by atoms with van der Waals surface area (Å²) in [6.07, 6.45) is 0. The van der Waals surface area contributed by atoms with Gasteiger partial charge in [-0.3, -0.25) is 14.7 Å². The van der Waals surface area contributed by atoms with Gasteiger partial charge in [0.05, 0.1) is 11.4 Å². The molecule has 3 heterocycles. The average Bonchev–Trinajstić information content (AvgIpc) is 3.34. The Balaban J connectivity index is 2.03. The van der Waals surface area contributed by atoms with Crippen LogP contribution in [-0.4, -0.2) is 28.8 Å². The Morgan fingerprint density at radius 3 is 2.66 bits per heavy atom. The Morgan fingerprint density at radius 1 is 1.24 bits per heavy atom. The molecule has 29 heavy (non-hydrogen) atoms. The topological polar surface area (TPSA) is 71.6 Å². The number of rotatable bonds is 4. The highest BCUT2D eigenvalue weighted by molar-refractivity contribution is 7.08. The molecule has 1 aliphatic rings. The van der Waals surface area contributed by atoms with E-state index in [0.717, 1.165) is 11.0 Å². The zero-order valence-corrected chi connectivity index (χ0v) is 16.0. The number of nitrogens with zero attached hydrogens (tertiary/aromatic N) is 3. The first-order valence-electron chi connectivity index (χ1n) is 8.56. The second-order valence-corrected chi connectivity index (χ2v) is 7.30. The predicted octanol–water partition coefficient (Wildman–Crippen LogP) is 3.59. The minimum atomic E-state index is -1.84. The van der Waals surface area contributed by atoms with E-state index in [1.165, 1.54) is 42.6 Å². The Bertz CT molecular complexity index is 1130. The van der Waals surface area contributed by atoms with E-state index in [9.17, 15) is 18.0 Å². The Morgan fingerprint density at radius 2 is 2.03 bits per heavy atom. The van der Waals surface area contributed by atoms with Gasteiger partial charge in [-0.05, 0) is 52.2 Å². The molecule has 0 radical (unpaired) electrons. The second kappa shape index (κ2) is 7.00. The van der Waals surface area contributed by atoms with Gasteiger partial charge in [-0.15, -0.1) is 0 Å². The summed E-state index contributed by atoms with van der Waals surface area (Å²) in [6, 6.07) is 8.37. The number of carbonyl (C=O) groups excluding carboxylic acids is 1. The molecule has 0 fully saturated rings. The lowest BCUT2D eigenvalue weighted by molar-refractivity contribution is -0.129. The van der Waals surface area contributed by atoms with Crippen molar-refractivity contribution in [3.63, 3.8) is 0 Å². The molecule has 5 nitrogen and oxygen atoms in total. The van der Waals surface area contributed by atoms with Crippen molar-refractivity contribution in [3.05, 3.63) is 75.7 Å². The van der Waals surface area contributed by atoms with Crippen molar-refractivity contribution in [2.75, 3.05) is 7.05 Å². The zero-order valence-electron chi connectivity index (χ0n) is 15.2. The van der Waals surface area contributed by atoms with Crippen molar-refractivity contribution < 1.29 is 18.0 Å². The largest absolute Gasteiger partial charge is 0.369 e. The number of aliphatic imine (C=N–C) groups is 1. The van der Waals surface area contributed by atoms with Crippen molar-refractivity contribution >= 4 is 23.2 Å². The van der Waals surface area contributed by atoms with E-state index in [-0.39, 0.29) is 28.5 Å². The number of pyridine rings is 1. The molecule has 9 heteroatoms. The van der Waals surface area contributed by atoms with E-state index in [1.807, 2.05) is 0 Å². The Hall–Kier alpha value is -3.20. The van der Waals surface area contributed by atoms with Gasteiger partial charge in [-0.2, -0.15) is 11.3 Å². The van der Waals surface area contributed by atoms with Crippen LogP contribution in [0.15, 0.2) is 52.2 Å². The van der Waals surface area contributed by atoms with Crippen LogP contribution < -0.4 is 5.73 Å². The van der Waals surface area contributed by atoms with Gasteiger partial charge in [-0.1, -0.05) is 6.07 Å². The zero-order chi connectivity index (χ0) is 20.8. The van der Waals surface area contributed by atoms with Crippen LogP contribution in [0.25, 0.3) is 11.1 Å². The number of halogens is 3. The van der Waals surface area contributed by atoms with E-state index in [1.54, 1.807) is 16.8 Å². The lowest BCUT2D eigenvalue weighted by Gasteiger charge is -2.26. The van der Waals surface area contributed by atoms with Crippen LogP contribution in [0, 0.1) is 11.6 Å². The molecule has 1 atom stereocenters. The fraction of sp³-hybridized carbons (Fsp3) is 0.150. The van der Waals surface area contributed by atoms with Crippen LogP contribution in [0.2, 0.25) is 0 Å². The van der Waals surface area contributed by atoms with Crippen molar-refractivity contribution in [1.82, 2.24) is 9.88 Å². The second-order valence-electron chi connectivity index (χ2n) is 6.52. The third-order valence-electron chi connectivity index (χ3n) is 4.83. The molecular formula is C20H15F3N4OS. The van der Waals surface area contributed by atoms with Crippen LogP contribution in [0.3, 0.4) is 0 Å². The number of amides is 1. The maximum atomic E-state index is 14.6. The molecule has 1 amide bonds. The van der Waals surface area contributed by atoms with Crippen LogP contribution >= 0.6 is 11.3 Å². The molecule has 148 valence electrons. The van der Waals surface area contributed by atoms with Crippen LogP contribution in [0.1, 0.15) is 17.0 Å². The number of carbonyl (C=O) groups is 1. The maximum Gasteiger partial charge on any atom is 0.267 e. The number of nitrogens with two attached hydrogens (primary N) is 1. The number of guanidine groups is 1. The third-order valence-corrected chi connectivity index (χ3v) is 5.52. The quantitative estimate of drug-likeness (QED) is 0.707. The number of benzene rings is 1.